The highest BCUT2D eigenvalue weighted by Crippen LogP contribution is 2.16. The van der Waals surface area contributed by atoms with Gasteiger partial charge in [-0.2, -0.15) is 0 Å². The van der Waals surface area contributed by atoms with Crippen molar-refractivity contribution in [3.05, 3.63) is 30.3 Å². The summed E-state index contributed by atoms with van der Waals surface area (Å²) in [6.45, 7) is 2.67. The number of amides is 1. The predicted molar refractivity (Wildman–Crippen MR) is 82.7 cm³/mol. The molecule has 0 aliphatic carbocycles. The van der Waals surface area contributed by atoms with Crippen molar-refractivity contribution in [1.29, 1.82) is 0 Å². The van der Waals surface area contributed by atoms with E-state index in [9.17, 15) is 9.59 Å². The highest BCUT2D eigenvalue weighted by molar-refractivity contribution is 5.81. The first-order valence-electron chi connectivity index (χ1n) is 7.44. The van der Waals surface area contributed by atoms with Crippen molar-refractivity contribution < 1.29 is 19.1 Å². The summed E-state index contributed by atoms with van der Waals surface area (Å²) in [7, 11) is 1.31. The van der Waals surface area contributed by atoms with Gasteiger partial charge >= 0.3 is 5.97 Å². The van der Waals surface area contributed by atoms with Gasteiger partial charge in [0.15, 0.2) is 0 Å². The van der Waals surface area contributed by atoms with Crippen molar-refractivity contribution in [2.45, 2.75) is 18.9 Å². The van der Waals surface area contributed by atoms with Crippen LogP contribution in [0.3, 0.4) is 0 Å². The van der Waals surface area contributed by atoms with Crippen molar-refractivity contribution in [3.8, 4) is 0 Å². The first kappa shape index (κ1) is 16.3. The normalized spacial score (nSPS) is 17.9. The molecule has 22 heavy (non-hydrogen) atoms. The maximum absolute atomic E-state index is 11.7. The van der Waals surface area contributed by atoms with Crippen LogP contribution < -0.4 is 10.2 Å². The van der Waals surface area contributed by atoms with Gasteiger partial charge in [0.25, 0.3) is 0 Å². The second-order valence-electron chi connectivity index (χ2n) is 5.15. The second-order valence-corrected chi connectivity index (χ2v) is 5.15. The quantitative estimate of drug-likeness (QED) is 0.793. The van der Waals surface area contributed by atoms with E-state index in [0.29, 0.717) is 13.2 Å². The van der Waals surface area contributed by atoms with E-state index in [1.54, 1.807) is 0 Å². The van der Waals surface area contributed by atoms with Crippen LogP contribution in [0.5, 0.6) is 0 Å². The zero-order valence-corrected chi connectivity index (χ0v) is 12.8. The van der Waals surface area contributed by atoms with Gasteiger partial charge in [-0.25, -0.2) is 0 Å². The van der Waals surface area contributed by atoms with Crippen LogP contribution in [-0.2, 0) is 19.1 Å². The maximum atomic E-state index is 11.7. The fraction of sp³-hybridized carbons (Fsp3) is 0.500. The lowest BCUT2D eigenvalue weighted by Crippen LogP contribution is -2.47. The largest absolute Gasteiger partial charge is 0.469 e. The molecule has 1 aliphatic rings. The van der Waals surface area contributed by atoms with Gasteiger partial charge < -0.3 is 19.7 Å². The summed E-state index contributed by atoms with van der Waals surface area (Å²) in [5.74, 6) is -0.537. The van der Waals surface area contributed by atoms with Crippen LogP contribution in [0, 0.1) is 0 Å². The lowest BCUT2D eigenvalue weighted by molar-refractivity contribution is -0.142. The molecule has 0 aromatic heterocycles. The number of nitrogens with one attached hydrogen (secondary N) is 1. The molecule has 1 aromatic rings. The van der Waals surface area contributed by atoms with E-state index in [-0.39, 0.29) is 30.8 Å². The molecular formula is C16H22N2O4. The van der Waals surface area contributed by atoms with E-state index in [2.05, 4.69) is 27.1 Å². The van der Waals surface area contributed by atoms with E-state index >= 15 is 0 Å². The first-order chi connectivity index (χ1) is 10.7. The number of hydrogen-bond acceptors (Lipinski definition) is 5. The summed E-state index contributed by atoms with van der Waals surface area (Å²) in [4.78, 5) is 24.9. The fourth-order valence-corrected chi connectivity index (χ4v) is 2.35. The third-order valence-electron chi connectivity index (χ3n) is 3.57. The van der Waals surface area contributed by atoms with Crippen LogP contribution in [0.25, 0.3) is 0 Å². The molecule has 1 fully saturated rings. The zero-order valence-electron chi connectivity index (χ0n) is 12.8. The van der Waals surface area contributed by atoms with E-state index < -0.39 is 0 Å². The molecule has 1 aromatic carbocycles. The summed E-state index contributed by atoms with van der Waals surface area (Å²) < 4.78 is 10.2. The Morgan fingerprint density at radius 1 is 1.32 bits per heavy atom. The molecule has 0 saturated carbocycles. The van der Waals surface area contributed by atoms with Gasteiger partial charge in [-0.1, -0.05) is 18.2 Å². The smallest absolute Gasteiger partial charge is 0.306 e. The highest BCUT2D eigenvalue weighted by atomic mass is 16.5. The Labute approximate surface area is 130 Å². The molecule has 1 amide bonds. The number of nitrogens with zero attached hydrogens (tertiary/aromatic N) is 1. The van der Waals surface area contributed by atoms with Crippen molar-refractivity contribution in [2.24, 2.45) is 0 Å². The van der Waals surface area contributed by atoms with Crippen LogP contribution >= 0.6 is 0 Å². The molecule has 1 unspecified atom stereocenters. The van der Waals surface area contributed by atoms with Crippen molar-refractivity contribution in [3.63, 3.8) is 0 Å². The molecule has 1 heterocycles. The molecule has 1 aliphatic heterocycles. The van der Waals surface area contributed by atoms with Crippen LogP contribution in [-0.4, -0.2) is 51.3 Å². The van der Waals surface area contributed by atoms with Gasteiger partial charge in [0, 0.05) is 31.7 Å². The predicted octanol–water partition coefficient (Wildman–Crippen LogP) is 0.961. The monoisotopic (exact) mass is 306 g/mol. The van der Waals surface area contributed by atoms with Crippen LogP contribution in [0.15, 0.2) is 30.3 Å². The van der Waals surface area contributed by atoms with E-state index in [0.717, 1.165) is 18.8 Å². The van der Waals surface area contributed by atoms with E-state index in [4.69, 9.17) is 4.74 Å². The van der Waals surface area contributed by atoms with Crippen LogP contribution in [0.4, 0.5) is 5.69 Å². The molecule has 120 valence electrons. The Morgan fingerprint density at radius 3 is 2.82 bits per heavy atom. The number of para-hydroxylation sites is 1. The summed E-state index contributed by atoms with van der Waals surface area (Å²) in [6, 6.07) is 10.1. The molecular weight excluding hydrogens is 284 g/mol. The number of rotatable bonds is 6. The minimum absolute atomic E-state index is 0.0453. The number of morpholine rings is 1. The van der Waals surface area contributed by atoms with Crippen LogP contribution in [0.2, 0.25) is 0 Å². The molecule has 6 heteroatoms. The van der Waals surface area contributed by atoms with Gasteiger partial charge in [-0.15, -0.1) is 0 Å². The second kappa shape index (κ2) is 8.38. The summed E-state index contributed by atoms with van der Waals surface area (Å²) in [6.07, 6.45) is 0.197. The van der Waals surface area contributed by atoms with Crippen molar-refractivity contribution in [2.75, 3.05) is 38.3 Å². The van der Waals surface area contributed by atoms with Gasteiger partial charge in [0.1, 0.15) is 0 Å². The lowest BCUT2D eigenvalue weighted by Gasteiger charge is -2.34. The average Bonchev–Trinajstić information content (AvgIpc) is 2.58. The number of benzene rings is 1. The Hall–Kier alpha value is -2.08. The molecule has 0 bridgehead atoms. The average molecular weight is 306 g/mol. The fourth-order valence-electron chi connectivity index (χ4n) is 2.35. The minimum Gasteiger partial charge on any atom is -0.469 e. The minimum atomic E-state index is -0.376. The number of hydrogen-bond donors (Lipinski definition) is 1. The first-order valence-corrected chi connectivity index (χ1v) is 7.44. The summed E-state index contributed by atoms with van der Waals surface area (Å²) >= 11 is 0. The van der Waals surface area contributed by atoms with Crippen LogP contribution in [0.1, 0.15) is 12.8 Å². The topological polar surface area (TPSA) is 67.9 Å². The van der Waals surface area contributed by atoms with Gasteiger partial charge in [-0.3, -0.25) is 9.59 Å². The molecule has 1 N–H and O–H groups in total. The third kappa shape index (κ3) is 5.04. The van der Waals surface area contributed by atoms with Crippen molar-refractivity contribution >= 4 is 17.6 Å². The molecule has 2 rings (SSSR count). The Kier molecular flexibility index (Phi) is 6.21. The molecule has 1 saturated heterocycles. The number of carbonyl (C=O) groups excluding carboxylic acids is 2. The maximum Gasteiger partial charge on any atom is 0.306 e. The molecule has 0 radical (unpaired) electrons. The lowest BCUT2D eigenvalue weighted by atomic mass is 10.2. The number of ether oxygens (including phenoxy) is 2. The number of methoxy groups -OCH3 is 1. The van der Waals surface area contributed by atoms with E-state index in [1.165, 1.54) is 7.11 Å². The SMILES string of the molecule is COC(=O)CCC(=O)NCC1CN(c2ccccc2)CCO1. The van der Waals surface area contributed by atoms with Crippen molar-refractivity contribution in [1.82, 2.24) is 5.32 Å². The number of esters is 1. The number of anilines is 1. The summed E-state index contributed by atoms with van der Waals surface area (Å²) in [5, 5.41) is 2.81. The Balaban J connectivity index is 1.74. The van der Waals surface area contributed by atoms with Gasteiger partial charge in [0.05, 0.1) is 26.2 Å². The molecule has 0 spiro atoms. The molecule has 1 atom stereocenters. The standard InChI is InChI=1S/C16H22N2O4/c1-21-16(20)8-7-15(19)17-11-14-12-18(9-10-22-14)13-5-3-2-4-6-13/h2-6,14H,7-12H2,1H3,(H,17,19). The molecule has 6 nitrogen and oxygen atoms in total. The van der Waals surface area contributed by atoms with E-state index in [1.807, 2.05) is 18.2 Å². The van der Waals surface area contributed by atoms with Gasteiger partial charge in [0.2, 0.25) is 5.91 Å². The summed E-state index contributed by atoms with van der Waals surface area (Å²) in [5.41, 5.74) is 1.16. The highest BCUT2D eigenvalue weighted by Gasteiger charge is 2.21. The van der Waals surface area contributed by atoms with Gasteiger partial charge in [-0.05, 0) is 12.1 Å². The number of carbonyl (C=O) groups is 2. The Morgan fingerprint density at radius 2 is 2.09 bits per heavy atom. The Bertz CT molecular complexity index is 492. The zero-order chi connectivity index (χ0) is 15.8. The third-order valence-corrected chi connectivity index (χ3v) is 3.57.